The largest absolute Gasteiger partial charge is 0.478 e. The fraction of sp³-hybridized carbons (Fsp3) is 0.143. The quantitative estimate of drug-likeness (QED) is 0.850. The normalized spacial score (nSPS) is 10.6. The second-order valence-electron chi connectivity index (χ2n) is 2.31. The molecule has 3 nitrogen and oxygen atoms in total. The van der Waals surface area contributed by atoms with E-state index in [1.807, 2.05) is 0 Å². The average molecular weight is 286 g/mol. The van der Waals surface area contributed by atoms with Gasteiger partial charge in [-0.25, -0.2) is 18.6 Å². The van der Waals surface area contributed by atoms with Gasteiger partial charge in [0, 0.05) is 5.56 Å². The maximum absolute atomic E-state index is 12.4. The Bertz CT molecular complexity index is 386. The van der Waals surface area contributed by atoms with Crippen LogP contribution in [0.2, 0.25) is 5.15 Å². The minimum absolute atomic E-state index is 0.183. The molecule has 0 aromatic carbocycles. The number of hydrogen-bond donors (Lipinski definition) is 1. The van der Waals surface area contributed by atoms with Crippen molar-refractivity contribution < 1.29 is 18.7 Å². The van der Waals surface area contributed by atoms with Gasteiger partial charge in [-0.15, -0.1) is 0 Å². The number of carboxylic acid groups (broad SMARTS) is 1. The predicted molar refractivity (Wildman–Crippen MR) is 48.9 cm³/mol. The fourth-order valence-electron chi connectivity index (χ4n) is 0.885. The maximum Gasteiger partial charge on any atom is 0.338 e. The summed E-state index contributed by atoms with van der Waals surface area (Å²) in [6.45, 7) is 0. The van der Waals surface area contributed by atoms with Crippen molar-refractivity contribution in [1.82, 2.24) is 4.98 Å². The van der Waals surface area contributed by atoms with E-state index in [1.165, 1.54) is 0 Å². The minimum atomic E-state index is -2.90. The third-order valence-corrected chi connectivity index (χ3v) is 2.19. The van der Waals surface area contributed by atoms with E-state index in [2.05, 4.69) is 20.9 Å². The molecule has 0 bridgehead atoms. The van der Waals surface area contributed by atoms with Crippen LogP contribution in [0, 0.1) is 0 Å². The van der Waals surface area contributed by atoms with Crippen LogP contribution >= 0.6 is 27.5 Å². The number of aromatic nitrogens is 1. The lowest BCUT2D eigenvalue weighted by Gasteiger charge is -2.06. The lowest BCUT2D eigenvalue weighted by atomic mass is 10.1. The van der Waals surface area contributed by atoms with E-state index in [1.54, 1.807) is 0 Å². The molecule has 0 aliphatic heterocycles. The lowest BCUT2D eigenvalue weighted by Crippen LogP contribution is -2.06. The molecule has 1 N–H and O–H groups in total. The molecule has 0 radical (unpaired) electrons. The van der Waals surface area contributed by atoms with Gasteiger partial charge in [0.25, 0.3) is 6.43 Å². The lowest BCUT2D eigenvalue weighted by molar-refractivity contribution is 0.0682. The minimum Gasteiger partial charge on any atom is -0.478 e. The van der Waals surface area contributed by atoms with Gasteiger partial charge >= 0.3 is 5.97 Å². The first-order valence-corrected chi connectivity index (χ1v) is 4.48. The smallest absolute Gasteiger partial charge is 0.338 e. The summed E-state index contributed by atoms with van der Waals surface area (Å²) in [5, 5.41) is 8.46. The fourth-order valence-corrected chi connectivity index (χ4v) is 1.78. The van der Waals surface area contributed by atoms with Crippen LogP contribution in [0.15, 0.2) is 10.7 Å². The molecular weight excluding hydrogens is 283 g/mol. The summed E-state index contributed by atoms with van der Waals surface area (Å²) in [6, 6.07) is 0.834. The molecule has 1 aromatic heterocycles. The summed E-state index contributed by atoms with van der Waals surface area (Å²) in [5.41, 5.74) is -1.21. The van der Waals surface area contributed by atoms with Gasteiger partial charge in [-0.3, -0.25) is 0 Å². The van der Waals surface area contributed by atoms with Crippen molar-refractivity contribution in [3.8, 4) is 0 Å². The highest BCUT2D eigenvalue weighted by Crippen LogP contribution is 2.29. The zero-order chi connectivity index (χ0) is 10.9. The van der Waals surface area contributed by atoms with Gasteiger partial charge in [-0.2, -0.15) is 0 Å². The van der Waals surface area contributed by atoms with Crippen LogP contribution in [0.25, 0.3) is 0 Å². The number of rotatable bonds is 2. The van der Waals surface area contributed by atoms with Crippen LogP contribution in [0.1, 0.15) is 22.3 Å². The molecule has 0 unspecified atom stereocenters. The highest BCUT2D eigenvalue weighted by Gasteiger charge is 2.22. The van der Waals surface area contributed by atoms with Crippen LogP contribution in [-0.4, -0.2) is 16.1 Å². The molecule has 1 heterocycles. The molecule has 0 spiro atoms. The number of pyridine rings is 1. The van der Waals surface area contributed by atoms with Crippen LogP contribution < -0.4 is 0 Å². The van der Waals surface area contributed by atoms with Crippen LogP contribution in [0.4, 0.5) is 8.78 Å². The van der Waals surface area contributed by atoms with Crippen molar-refractivity contribution >= 4 is 33.5 Å². The number of nitrogens with zero attached hydrogens (tertiary/aromatic N) is 1. The Morgan fingerprint density at radius 1 is 1.64 bits per heavy atom. The standard InChI is InChI=1S/C7H3BrClF2NO2/c8-5-4(7(13)14)2(6(10)11)1-3(9)12-5/h1,6H,(H,13,14). The molecular formula is C7H3BrClF2NO2. The molecule has 0 saturated heterocycles. The monoisotopic (exact) mass is 285 g/mol. The number of aromatic carboxylic acids is 1. The molecule has 0 saturated carbocycles. The first-order chi connectivity index (χ1) is 6.43. The van der Waals surface area contributed by atoms with Gasteiger partial charge in [0.05, 0.1) is 0 Å². The molecule has 1 aromatic rings. The van der Waals surface area contributed by atoms with E-state index in [0.29, 0.717) is 0 Å². The third-order valence-electron chi connectivity index (χ3n) is 1.42. The highest BCUT2D eigenvalue weighted by molar-refractivity contribution is 9.10. The van der Waals surface area contributed by atoms with Crippen molar-refractivity contribution in [2.75, 3.05) is 0 Å². The number of carbonyl (C=O) groups is 1. The Balaban J connectivity index is 3.44. The van der Waals surface area contributed by atoms with E-state index in [9.17, 15) is 13.6 Å². The topological polar surface area (TPSA) is 50.2 Å². The SMILES string of the molecule is O=C(O)c1c(C(F)F)cc(Cl)nc1Br. The average Bonchev–Trinajstić information content (AvgIpc) is 2.01. The zero-order valence-electron chi connectivity index (χ0n) is 6.47. The summed E-state index contributed by atoms with van der Waals surface area (Å²) in [6.07, 6.45) is -2.90. The maximum atomic E-state index is 12.4. The van der Waals surface area contributed by atoms with E-state index >= 15 is 0 Å². The van der Waals surface area contributed by atoms with Gasteiger partial charge in [-0.1, -0.05) is 11.6 Å². The van der Waals surface area contributed by atoms with Crippen molar-refractivity contribution in [2.45, 2.75) is 6.43 Å². The third kappa shape index (κ3) is 2.19. The van der Waals surface area contributed by atoms with Crippen molar-refractivity contribution in [2.24, 2.45) is 0 Å². The summed E-state index contributed by atoms with van der Waals surface area (Å²) in [5.74, 6) is -1.48. The van der Waals surface area contributed by atoms with E-state index in [-0.39, 0.29) is 9.76 Å². The van der Waals surface area contributed by atoms with Gasteiger partial charge in [0.2, 0.25) is 0 Å². The molecule has 0 aliphatic carbocycles. The molecule has 0 atom stereocenters. The Hall–Kier alpha value is -0.750. The molecule has 1 rings (SSSR count). The second kappa shape index (κ2) is 4.18. The first kappa shape index (κ1) is 11.3. The van der Waals surface area contributed by atoms with E-state index in [4.69, 9.17) is 16.7 Å². The number of hydrogen-bond acceptors (Lipinski definition) is 2. The Kier molecular flexibility index (Phi) is 3.38. The summed E-state index contributed by atoms with van der Waals surface area (Å²) < 4.78 is 24.6. The molecule has 0 aliphatic rings. The summed E-state index contributed by atoms with van der Waals surface area (Å²) in [7, 11) is 0. The van der Waals surface area contributed by atoms with Gasteiger partial charge in [0.1, 0.15) is 15.3 Å². The van der Waals surface area contributed by atoms with Crippen molar-refractivity contribution in [1.29, 1.82) is 0 Å². The van der Waals surface area contributed by atoms with E-state index in [0.717, 1.165) is 6.07 Å². The molecule has 7 heteroatoms. The number of alkyl halides is 2. The van der Waals surface area contributed by atoms with Crippen LogP contribution in [-0.2, 0) is 0 Å². The predicted octanol–water partition coefficient (Wildman–Crippen LogP) is 3.13. The number of carboxylic acids is 1. The molecule has 76 valence electrons. The second-order valence-corrected chi connectivity index (χ2v) is 3.44. The molecule has 14 heavy (non-hydrogen) atoms. The highest BCUT2D eigenvalue weighted by atomic mass is 79.9. The zero-order valence-corrected chi connectivity index (χ0v) is 8.81. The Labute approximate surface area is 90.8 Å². The summed E-state index contributed by atoms with van der Waals surface area (Å²) >= 11 is 8.16. The summed E-state index contributed by atoms with van der Waals surface area (Å²) in [4.78, 5) is 14.1. The number of halogens is 4. The van der Waals surface area contributed by atoms with Gasteiger partial charge in [0.15, 0.2) is 0 Å². The first-order valence-electron chi connectivity index (χ1n) is 3.31. The van der Waals surface area contributed by atoms with Crippen LogP contribution in [0.3, 0.4) is 0 Å². The molecule has 0 fully saturated rings. The van der Waals surface area contributed by atoms with Crippen molar-refractivity contribution in [3.05, 3.63) is 26.9 Å². The van der Waals surface area contributed by atoms with E-state index < -0.39 is 23.5 Å². The van der Waals surface area contributed by atoms with Gasteiger partial charge < -0.3 is 5.11 Å². The van der Waals surface area contributed by atoms with Crippen LogP contribution in [0.5, 0.6) is 0 Å². The Morgan fingerprint density at radius 3 is 2.64 bits per heavy atom. The van der Waals surface area contributed by atoms with Gasteiger partial charge in [-0.05, 0) is 22.0 Å². The Morgan fingerprint density at radius 2 is 2.21 bits per heavy atom. The molecule has 0 amide bonds. The van der Waals surface area contributed by atoms with Crippen molar-refractivity contribution in [3.63, 3.8) is 0 Å².